The van der Waals surface area contributed by atoms with E-state index in [0.29, 0.717) is 6.54 Å². The summed E-state index contributed by atoms with van der Waals surface area (Å²) in [6.45, 7) is 5.59. The van der Waals surface area contributed by atoms with Gasteiger partial charge in [0.1, 0.15) is 0 Å². The van der Waals surface area contributed by atoms with Crippen LogP contribution in [0.5, 0.6) is 0 Å². The number of benzene rings is 2. The highest BCUT2D eigenvalue weighted by molar-refractivity contribution is 8.00. The van der Waals surface area contributed by atoms with E-state index in [9.17, 15) is 4.79 Å². The predicted octanol–water partition coefficient (Wildman–Crippen LogP) is 4.61. The number of para-hydroxylation sites is 1. The number of thioether (sulfide) groups is 1. The topological polar surface area (TPSA) is 33.2 Å². The first-order chi connectivity index (χ1) is 12.6. The maximum absolute atomic E-state index is 12.9. The van der Waals surface area contributed by atoms with E-state index in [1.165, 1.54) is 22.1 Å². The Hall–Kier alpha value is -2.33. The van der Waals surface area contributed by atoms with Crippen LogP contribution in [-0.4, -0.2) is 27.6 Å². The Kier molecular flexibility index (Phi) is 4.68. The average Bonchev–Trinajstić information content (AvgIpc) is 2.67. The number of fused-ring (bicyclic) bond motifs is 2. The Labute approximate surface area is 158 Å². The molecule has 1 atom stereocenters. The van der Waals surface area contributed by atoms with Crippen LogP contribution in [0.3, 0.4) is 0 Å². The van der Waals surface area contributed by atoms with Crippen LogP contribution >= 0.6 is 11.8 Å². The molecule has 132 valence electrons. The van der Waals surface area contributed by atoms with E-state index in [0.717, 1.165) is 23.5 Å². The van der Waals surface area contributed by atoms with Crippen LogP contribution in [0.1, 0.15) is 23.6 Å². The number of carbonyl (C=O) groups excluding carboxylic acids is 1. The molecule has 0 saturated carbocycles. The van der Waals surface area contributed by atoms with E-state index >= 15 is 0 Å². The van der Waals surface area contributed by atoms with Crippen molar-refractivity contribution in [1.82, 2.24) is 9.88 Å². The van der Waals surface area contributed by atoms with E-state index in [-0.39, 0.29) is 11.2 Å². The molecule has 3 nitrogen and oxygen atoms in total. The molecule has 0 fully saturated rings. The summed E-state index contributed by atoms with van der Waals surface area (Å²) in [4.78, 5) is 19.6. The molecule has 0 radical (unpaired) electrons. The Morgan fingerprint density at radius 1 is 1.12 bits per heavy atom. The van der Waals surface area contributed by atoms with Gasteiger partial charge in [-0.2, -0.15) is 0 Å². The van der Waals surface area contributed by atoms with Crippen LogP contribution in [0.15, 0.2) is 59.6 Å². The van der Waals surface area contributed by atoms with Gasteiger partial charge in [-0.25, -0.2) is 4.98 Å². The molecular weight excluding hydrogens is 340 g/mol. The average molecular weight is 362 g/mol. The zero-order valence-corrected chi connectivity index (χ0v) is 15.9. The van der Waals surface area contributed by atoms with Crippen LogP contribution in [0.2, 0.25) is 0 Å². The molecule has 0 saturated heterocycles. The summed E-state index contributed by atoms with van der Waals surface area (Å²) in [5.41, 5.74) is 4.82. The largest absolute Gasteiger partial charge is 0.337 e. The summed E-state index contributed by atoms with van der Waals surface area (Å²) in [6.07, 6.45) is 0.937. The van der Waals surface area contributed by atoms with Gasteiger partial charge in [-0.15, -0.1) is 0 Å². The van der Waals surface area contributed by atoms with Crippen LogP contribution in [0, 0.1) is 6.92 Å². The second kappa shape index (κ2) is 7.12. The molecule has 1 aromatic heterocycles. The van der Waals surface area contributed by atoms with Gasteiger partial charge in [-0.05, 0) is 49.1 Å². The quantitative estimate of drug-likeness (QED) is 0.638. The third-order valence-corrected chi connectivity index (χ3v) is 5.99. The second-order valence-electron chi connectivity index (χ2n) is 6.83. The van der Waals surface area contributed by atoms with Crippen molar-refractivity contribution in [2.24, 2.45) is 0 Å². The van der Waals surface area contributed by atoms with E-state index in [4.69, 9.17) is 4.98 Å². The standard InChI is InChI=1S/C22H22N2OS/c1-15-13-21(23-20-10-6-5-9-19(15)20)26-16(2)22(25)24-12-11-17-7-3-4-8-18(17)14-24/h3-10,13,16H,11-12,14H2,1-2H3. The number of pyridine rings is 1. The molecule has 2 heterocycles. The lowest BCUT2D eigenvalue weighted by molar-refractivity contribution is -0.131. The first-order valence-electron chi connectivity index (χ1n) is 9.00. The van der Waals surface area contributed by atoms with Gasteiger partial charge in [0.25, 0.3) is 0 Å². The van der Waals surface area contributed by atoms with Crippen molar-refractivity contribution in [3.8, 4) is 0 Å². The molecule has 3 aromatic rings. The summed E-state index contributed by atoms with van der Waals surface area (Å²) >= 11 is 1.55. The van der Waals surface area contributed by atoms with Gasteiger partial charge in [0, 0.05) is 18.5 Å². The number of hydrogen-bond acceptors (Lipinski definition) is 3. The Morgan fingerprint density at radius 3 is 2.69 bits per heavy atom. The zero-order chi connectivity index (χ0) is 18.1. The Balaban J connectivity index is 1.50. The highest BCUT2D eigenvalue weighted by Crippen LogP contribution is 2.28. The molecule has 1 amide bonds. The van der Waals surface area contributed by atoms with E-state index in [2.05, 4.69) is 37.3 Å². The molecule has 2 aromatic carbocycles. The van der Waals surface area contributed by atoms with Crippen molar-refractivity contribution in [3.05, 3.63) is 71.3 Å². The van der Waals surface area contributed by atoms with Crippen molar-refractivity contribution in [3.63, 3.8) is 0 Å². The molecule has 1 aliphatic rings. The molecule has 0 spiro atoms. The molecule has 1 aliphatic heterocycles. The summed E-state index contributed by atoms with van der Waals surface area (Å²) < 4.78 is 0. The van der Waals surface area contributed by atoms with Gasteiger partial charge in [-0.1, -0.05) is 54.2 Å². The zero-order valence-electron chi connectivity index (χ0n) is 15.1. The summed E-state index contributed by atoms with van der Waals surface area (Å²) in [5.74, 6) is 0.192. The molecule has 4 heteroatoms. The van der Waals surface area contributed by atoms with Gasteiger partial charge in [0.15, 0.2) is 0 Å². The number of amides is 1. The van der Waals surface area contributed by atoms with Crippen molar-refractivity contribution in [2.75, 3.05) is 6.54 Å². The number of nitrogens with zero attached hydrogens (tertiary/aromatic N) is 2. The maximum Gasteiger partial charge on any atom is 0.236 e. The van der Waals surface area contributed by atoms with Crippen LogP contribution in [0.4, 0.5) is 0 Å². The lowest BCUT2D eigenvalue weighted by atomic mass is 10.00. The fourth-order valence-electron chi connectivity index (χ4n) is 3.55. The molecular formula is C22H22N2OS. The lowest BCUT2D eigenvalue weighted by Crippen LogP contribution is -2.40. The van der Waals surface area contributed by atoms with Gasteiger partial charge in [0.2, 0.25) is 5.91 Å². The summed E-state index contributed by atoms with van der Waals surface area (Å²) in [6, 6.07) is 18.6. The Morgan fingerprint density at radius 2 is 1.85 bits per heavy atom. The molecule has 0 N–H and O–H groups in total. The Bertz CT molecular complexity index is 969. The first-order valence-corrected chi connectivity index (χ1v) is 9.88. The van der Waals surface area contributed by atoms with Gasteiger partial charge < -0.3 is 4.90 Å². The first kappa shape index (κ1) is 17.1. The minimum atomic E-state index is -0.145. The minimum absolute atomic E-state index is 0.145. The lowest BCUT2D eigenvalue weighted by Gasteiger charge is -2.30. The monoisotopic (exact) mass is 362 g/mol. The van der Waals surface area contributed by atoms with E-state index < -0.39 is 0 Å². The molecule has 26 heavy (non-hydrogen) atoms. The van der Waals surface area contributed by atoms with Crippen LogP contribution in [0.25, 0.3) is 10.9 Å². The van der Waals surface area contributed by atoms with Crippen molar-refractivity contribution in [2.45, 2.75) is 37.1 Å². The third kappa shape index (κ3) is 3.34. The SMILES string of the molecule is Cc1cc(SC(C)C(=O)N2CCc3ccccc3C2)nc2ccccc12. The number of aryl methyl sites for hydroxylation is 1. The highest BCUT2D eigenvalue weighted by Gasteiger charge is 2.25. The molecule has 0 bridgehead atoms. The summed E-state index contributed by atoms with van der Waals surface area (Å²) in [7, 11) is 0. The number of hydrogen-bond donors (Lipinski definition) is 0. The fraction of sp³-hybridized carbons (Fsp3) is 0.273. The third-order valence-electron chi connectivity index (χ3n) is 4.99. The molecule has 1 unspecified atom stereocenters. The number of rotatable bonds is 3. The predicted molar refractivity (Wildman–Crippen MR) is 107 cm³/mol. The van der Waals surface area contributed by atoms with E-state index in [1.807, 2.05) is 36.1 Å². The van der Waals surface area contributed by atoms with Gasteiger partial charge >= 0.3 is 0 Å². The summed E-state index contributed by atoms with van der Waals surface area (Å²) in [5, 5.41) is 1.94. The molecule has 0 aliphatic carbocycles. The van der Waals surface area contributed by atoms with E-state index in [1.54, 1.807) is 11.8 Å². The molecule has 4 rings (SSSR count). The highest BCUT2D eigenvalue weighted by atomic mass is 32.2. The van der Waals surface area contributed by atoms with Crippen molar-refractivity contribution in [1.29, 1.82) is 0 Å². The van der Waals surface area contributed by atoms with Crippen molar-refractivity contribution < 1.29 is 4.79 Å². The van der Waals surface area contributed by atoms with Crippen LogP contribution in [-0.2, 0) is 17.8 Å². The van der Waals surface area contributed by atoms with Crippen LogP contribution < -0.4 is 0 Å². The normalized spacial score (nSPS) is 14.9. The minimum Gasteiger partial charge on any atom is -0.337 e. The second-order valence-corrected chi connectivity index (χ2v) is 8.19. The van der Waals surface area contributed by atoms with Gasteiger partial charge in [-0.3, -0.25) is 4.79 Å². The van der Waals surface area contributed by atoms with Gasteiger partial charge in [0.05, 0.1) is 15.8 Å². The smallest absolute Gasteiger partial charge is 0.236 e. The maximum atomic E-state index is 12.9. The number of aromatic nitrogens is 1. The fourth-order valence-corrected chi connectivity index (χ4v) is 4.56. The van der Waals surface area contributed by atoms with Crippen molar-refractivity contribution >= 4 is 28.6 Å². The number of carbonyl (C=O) groups is 1.